The molecule has 1 aromatic rings. The van der Waals surface area contributed by atoms with Crippen molar-refractivity contribution in [1.29, 1.82) is 0 Å². The highest BCUT2D eigenvalue weighted by atomic mass is 35.5. The van der Waals surface area contributed by atoms with Crippen LogP contribution in [0.3, 0.4) is 0 Å². The predicted molar refractivity (Wildman–Crippen MR) is 62.7 cm³/mol. The summed E-state index contributed by atoms with van der Waals surface area (Å²) in [4.78, 5) is 14.1. The monoisotopic (exact) mass is 223 g/mol. The zero-order chi connectivity index (χ0) is 11.4. The van der Waals surface area contributed by atoms with E-state index in [9.17, 15) is 4.79 Å². The van der Waals surface area contributed by atoms with Crippen LogP contribution in [0.25, 0.3) is 0 Å². The van der Waals surface area contributed by atoms with E-state index in [1.165, 1.54) is 0 Å². The Morgan fingerprint density at radius 1 is 1.40 bits per heavy atom. The van der Waals surface area contributed by atoms with E-state index in [4.69, 9.17) is 11.6 Å². The maximum atomic E-state index is 10.4. The number of carbonyl (C=O) groups excluding carboxylic acids is 1. The number of hydrogen-bond donors (Lipinski definition) is 0. The zero-order valence-corrected chi connectivity index (χ0v) is 9.98. The van der Waals surface area contributed by atoms with Gasteiger partial charge in [-0.25, -0.2) is 4.79 Å². The van der Waals surface area contributed by atoms with Gasteiger partial charge in [-0.15, -0.1) is 0 Å². The largest absolute Gasteiger partial charge is 0.240 e. The molecule has 2 nitrogen and oxygen atoms in total. The van der Waals surface area contributed by atoms with Crippen molar-refractivity contribution >= 4 is 23.4 Å². The summed E-state index contributed by atoms with van der Waals surface area (Å²) in [6, 6.07) is 1.98. The predicted octanol–water partition coefficient (Wildman–Crippen LogP) is 3.74. The average molecular weight is 224 g/mol. The van der Waals surface area contributed by atoms with Crippen LogP contribution >= 0.6 is 11.6 Å². The molecule has 0 saturated carbocycles. The highest BCUT2D eigenvalue weighted by Gasteiger charge is 2.12. The molecule has 0 aliphatic carbocycles. The number of halogens is 1. The van der Waals surface area contributed by atoms with E-state index < -0.39 is 0 Å². The lowest BCUT2D eigenvalue weighted by Gasteiger charge is -2.12. The third-order valence-corrected chi connectivity index (χ3v) is 3.01. The summed E-state index contributed by atoms with van der Waals surface area (Å²) in [5.74, 6) is 0. The fourth-order valence-electron chi connectivity index (χ4n) is 1.71. The van der Waals surface area contributed by atoms with Gasteiger partial charge in [-0.2, -0.15) is 4.99 Å². The molecule has 1 aromatic carbocycles. The SMILES string of the molecule is CCc1cc(C)c(Cl)c(CC)c1N=C=O. The van der Waals surface area contributed by atoms with E-state index >= 15 is 0 Å². The van der Waals surface area contributed by atoms with Crippen LogP contribution in [-0.4, -0.2) is 6.08 Å². The Morgan fingerprint density at radius 3 is 2.53 bits per heavy atom. The second-order valence-corrected chi connectivity index (χ2v) is 3.78. The van der Waals surface area contributed by atoms with Crippen LogP contribution in [0.1, 0.15) is 30.5 Å². The van der Waals surface area contributed by atoms with Crippen LogP contribution in [-0.2, 0) is 17.6 Å². The molecule has 15 heavy (non-hydrogen) atoms. The molecule has 1 rings (SSSR count). The van der Waals surface area contributed by atoms with E-state index in [0.717, 1.165) is 29.5 Å². The molecule has 0 bridgehead atoms. The summed E-state index contributed by atoms with van der Waals surface area (Å²) in [7, 11) is 0. The number of isocyanates is 1. The summed E-state index contributed by atoms with van der Waals surface area (Å²) in [5.41, 5.74) is 3.73. The Morgan fingerprint density at radius 2 is 2.07 bits per heavy atom. The Labute approximate surface area is 95.0 Å². The third kappa shape index (κ3) is 2.28. The Bertz CT molecular complexity index is 420. The van der Waals surface area contributed by atoms with Gasteiger partial charge in [0.1, 0.15) is 0 Å². The van der Waals surface area contributed by atoms with Crippen LogP contribution < -0.4 is 0 Å². The molecule has 0 saturated heterocycles. The second kappa shape index (κ2) is 5.11. The quantitative estimate of drug-likeness (QED) is 0.567. The number of aliphatic imine (C=N–C) groups is 1. The van der Waals surface area contributed by atoms with Crippen molar-refractivity contribution in [3.63, 3.8) is 0 Å². The van der Waals surface area contributed by atoms with Gasteiger partial charge in [-0.3, -0.25) is 0 Å². The van der Waals surface area contributed by atoms with Gasteiger partial charge in [0.05, 0.1) is 5.69 Å². The van der Waals surface area contributed by atoms with E-state index in [1.807, 2.05) is 26.8 Å². The van der Waals surface area contributed by atoms with Crippen LogP contribution in [0, 0.1) is 6.92 Å². The van der Waals surface area contributed by atoms with Gasteiger partial charge in [-0.1, -0.05) is 31.5 Å². The summed E-state index contributed by atoms with van der Waals surface area (Å²) >= 11 is 6.17. The first-order valence-corrected chi connectivity index (χ1v) is 5.42. The fourth-order valence-corrected chi connectivity index (χ4v) is 1.98. The number of rotatable bonds is 3. The molecule has 0 aliphatic rings. The lowest BCUT2D eigenvalue weighted by atomic mass is 10.00. The van der Waals surface area contributed by atoms with Crippen molar-refractivity contribution in [2.45, 2.75) is 33.6 Å². The van der Waals surface area contributed by atoms with E-state index in [-0.39, 0.29) is 0 Å². The Balaban J connectivity index is 3.55. The van der Waals surface area contributed by atoms with E-state index in [1.54, 1.807) is 6.08 Å². The average Bonchev–Trinajstić information content (AvgIpc) is 2.24. The maximum absolute atomic E-state index is 10.4. The highest BCUT2D eigenvalue weighted by Crippen LogP contribution is 2.34. The first-order chi connectivity index (χ1) is 7.15. The van der Waals surface area contributed by atoms with Gasteiger partial charge in [0.2, 0.25) is 6.08 Å². The molecule has 0 heterocycles. The van der Waals surface area contributed by atoms with Crippen molar-refractivity contribution in [3.8, 4) is 0 Å². The normalized spacial score (nSPS) is 9.87. The van der Waals surface area contributed by atoms with E-state index in [0.29, 0.717) is 10.7 Å². The molecule has 0 atom stereocenters. The minimum Gasteiger partial charge on any atom is -0.211 e. The van der Waals surface area contributed by atoms with Crippen molar-refractivity contribution in [1.82, 2.24) is 0 Å². The topological polar surface area (TPSA) is 29.4 Å². The number of benzene rings is 1. The lowest BCUT2D eigenvalue weighted by molar-refractivity contribution is 0.565. The molecule has 0 radical (unpaired) electrons. The first kappa shape index (κ1) is 12.0. The second-order valence-electron chi connectivity index (χ2n) is 3.40. The van der Waals surface area contributed by atoms with Gasteiger partial charge in [0, 0.05) is 5.02 Å². The summed E-state index contributed by atoms with van der Waals surface area (Å²) < 4.78 is 0. The highest BCUT2D eigenvalue weighted by molar-refractivity contribution is 6.32. The summed E-state index contributed by atoms with van der Waals surface area (Å²) in [6.45, 7) is 6.00. The summed E-state index contributed by atoms with van der Waals surface area (Å²) in [5, 5.41) is 0.712. The molecular formula is C12H14ClNO. The first-order valence-electron chi connectivity index (χ1n) is 5.04. The molecule has 3 heteroatoms. The third-order valence-electron chi connectivity index (χ3n) is 2.48. The maximum Gasteiger partial charge on any atom is 0.240 e. The Hall–Kier alpha value is -1.11. The van der Waals surface area contributed by atoms with Gasteiger partial charge in [0.25, 0.3) is 0 Å². The number of hydrogen-bond acceptors (Lipinski definition) is 2. The molecule has 0 spiro atoms. The van der Waals surface area contributed by atoms with Gasteiger partial charge >= 0.3 is 0 Å². The van der Waals surface area contributed by atoms with E-state index in [2.05, 4.69) is 4.99 Å². The minimum atomic E-state index is 0.700. The van der Waals surface area contributed by atoms with Crippen LogP contribution in [0.15, 0.2) is 11.1 Å². The minimum absolute atomic E-state index is 0.700. The molecule has 0 aromatic heterocycles. The fraction of sp³-hybridized carbons (Fsp3) is 0.417. The number of aryl methyl sites for hydroxylation is 2. The molecule has 0 fully saturated rings. The van der Waals surface area contributed by atoms with Crippen molar-refractivity contribution in [2.24, 2.45) is 4.99 Å². The van der Waals surface area contributed by atoms with Crippen molar-refractivity contribution < 1.29 is 4.79 Å². The van der Waals surface area contributed by atoms with Crippen molar-refractivity contribution in [2.75, 3.05) is 0 Å². The van der Waals surface area contributed by atoms with Crippen molar-refractivity contribution in [3.05, 3.63) is 27.8 Å². The molecule has 0 unspecified atom stereocenters. The Kier molecular flexibility index (Phi) is 4.07. The lowest BCUT2D eigenvalue weighted by Crippen LogP contribution is -1.93. The zero-order valence-electron chi connectivity index (χ0n) is 9.22. The summed E-state index contributed by atoms with van der Waals surface area (Å²) in [6.07, 6.45) is 3.21. The molecule has 0 aliphatic heterocycles. The van der Waals surface area contributed by atoms with Gasteiger partial charge in [0.15, 0.2) is 0 Å². The number of nitrogens with zero attached hydrogens (tertiary/aromatic N) is 1. The van der Waals surface area contributed by atoms with Crippen LogP contribution in [0.4, 0.5) is 5.69 Å². The smallest absolute Gasteiger partial charge is 0.211 e. The molecule has 0 amide bonds. The van der Waals surface area contributed by atoms with Crippen LogP contribution in [0.2, 0.25) is 5.02 Å². The van der Waals surface area contributed by atoms with Gasteiger partial charge < -0.3 is 0 Å². The standard InChI is InChI=1S/C12H14ClNO/c1-4-9-6-8(3)11(13)10(5-2)12(9)14-7-15/h6H,4-5H2,1-3H3. The van der Waals surface area contributed by atoms with Gasteiger partial charge in [-0.05, 0) is 36.5 Å². The molecule has 0 N–H and O–H groups in total. The van der Waals surface area contributed by atoms with Crippen LogP contribution in [0.5, 0.6) is 0 Å². The molecular weight excluding hydrogens is 210 g/mol. The molecule has 80 valence electrons.